The van der Waals surface area contributed by atoms with Gasteiger partial charge in [-0.25, -0.2) is 0 Å². The maximum atomic E-state index is 13.3. The first-order valence-electron chi connectivity index (χ1n) is 47.4. The van der Waals surface area contributed by atoms with Crippen LogP contribution in [0, 0.1) is 12.3 Å². The van der Waals surface area contributed by atoms with Gasteiger partial charge < -0.3 is 14.6 Å². The SMILES string of the molecule is CC(C)(C(=O)c1ccc(C2CCCCC2)cc1)[S+]1CCCC1.CC(C)(C(=O)c1ccccc1)[S+]1CCCC1.CCCCOc1ccc([S+]2CCCC2)c2ccccc12.CCCC[S+](CCCC)C(C(=O)c1ccc(C)cc1)C(C)(C)C.COc1ccc(C(=O)C(C)(C)[S+]2CCCC2)cc1.O=C(C[S+]1CCCC1)c1ccccc1.Oc1ccc([S+]2CCCC2)cc1. The largest absolute Gasteiger partial charge is 0.508 e. The van der Waals surface area contributed by atoms with Gasteiger partial charge in [0.05, 0.1) is 13.7 Å². The standard InChI is InChI=1S/C21H35OS.C20H29OS.C18H23OS.C15H21O2S.C14H19OS.C12H15OS.C10H12OS/c1-7-9-15-23(16-10-8-2)20(21(4,5)6)19(22)18-13-11-17(3)12-14-18;1-20(2,22-14-6-7-15-22)19(21)18-12-10-17(11-13-18)16-8-4-3-5-9-16;1-2-3-12-19-17-10-11-18(20-13-6-7-14-20)16-9-5-4-8-15(16)17;1-15(2,18-10-4-5-11-18)14(16)12-6-8-13(17-3)9-7-12;1-14(2,16-10-6-7-11-16)13(15)12-8-4-3-5-9-12;13-12(10-14-8-4-5-9-14)11-6-2-1-3-7-11;11-9-3-5-10(6-4-9)12-7-1-2-8-12/h11-14,20H,7-10,15-16H2,1-6H3;10-13,16H,3-9,14-15H2,1-2H3;4-5,8-11H,2-3,6-7,12-14H2,1H3;6-9H,4-5,10-11H2,1-3H3;3-5,8-9H,6-7,10-11H2,1-2H3;1-3,6-7H,4-5,8-10H2;3-6H,1-2,7-8H2/q6*+1;/p+1. The fourth-order valence-corrected chi connectivity index (χ4v) is 36.2. The van der Waals surface area contributed by atoms with Gasteiger partial charge in [0, 0.05) is 98.5 Å². The van der Waals surface area contributed by atoms with E-state index in [-0.39, 0.29) is 74.3 Å². The van der Waals surface area contributed by atoms with Gasteiger partial charge in [0.25, 0.3) is 0 Å². The average Bonchev–Trinajstić information content (AvgIpc) is 1.60. The van der Waals surface area contributed by atoms with Crippen molar-refractivity contribution >= 4 is 116 Å². The minimum absolute atomic E-state index is 0.0204. The Kier molecular flexibility index (Phi) is 43.6. The monoisotopic (exact) mass is 1830 g/mol. The molecule has 1 saturated carbocycles. The Morgan fingerprint density at radius 1 is 0.416 bits per heavy atom. The van der Waals surface area contributed by atoms with Crippen molar-refractivity contribution in [3.63, 3.8) is 0 Å². The molecule has 125 heavy (non-hydrogen) atoms. The third-order valence-corrected chi connectivity index (χ3v) is 45.7. The number of aromatic hydroxyl groups is 1. The molecule has 1 unspecified atom stereocenters. The van der Waals surface area contributed by atoms with Crippen LogP contribution < -0.4 is 9.47 Å². The number of ether oxygens (including phenoxy) is 2. The zero-order valence-electron chi connectivity index (χ0n) is 78.9. The first kappa shape index (κ1) is 103. The zero-order chi connectivity index (χ0) is 89.8. The van der Waals surface area contributed by atoms with Crippen molar-refractivity contribution in [2.75, 3.05) is 100 Å². The average molecular weight is 1830 g/mol. The van der Waals surface area contributed by atoms with E-state index in [0.717, 1.165) is 64.0 Å². The molecule has 0 radical (unpaired) electrons. The lowest BCUT2D eigenvalue weighted by molar-refractivity contribution is 0.0942. The number of fused-ring (bicyclic) bond motifs is 1. The number of aryl methyl sites for hydroxylation is 1. The number of hydrogen-bond donors (Lipinski definition) is 1. The minimum Gasteiger partial charge on any atom is -0.508 e. The van der Waals surface area contributed by atoms with Gasteiger partial charge in [-0.15, -0.1) is 0 Å². The third kappa shape index (κ3) is 31.5. The van der Waals surface area contributed by atoms with E-state index >= 15 is 0 Å². The maximum absolute atomic E-state index is 13.3. The van der Waals surface area contributed by atoms with Crippen LogP contribution in [-0.4, -0.2) is 154 Å². The molecular weight excluding hydrogens is 1670 g/mol. The molecule has 0 spiro atoms. The van der Waals surface area contributed by atoms with Crippen molar-refractivity contribution in [2.45, 2.75) is 273 Å². The molecule has 678 valence electrons. The van der Waals surface area contributed by atoms with E-state index in [1.807, 2.05) is 97.1 Å². The normalized spacial score (nSPS) is 17.1. The van der Waals surface area contributed by atoms with E-state index in [2.05, 4.69) is 175 Å². The number of hydrogen-bond acceptors (Lipinski definition) is 8. The number of rotatable bonds is 29. The molecule has 1 N–H and O–H groups in total. The minimum atomic E-state index is -0.217. The van der Waals surface area contributed by atoms with Gasteiger partial charge in [-0.1, -0.05) is 213 Å². The number of methoxy groups -OCH3 is 1. The molecule has 1 atom stereocenters. The summed E-state index contributed by atoms with van der Waals surface area (Å²) >= 11 is 0. The third-order valence-electron chi connectivity index (χ3n) is 25.4. The summed E-state index contributed by atoms with van der Waals surface area (Å²) in [6.07, 6.45) is 29.9. The van der Waals surface area contributed by atoms with Crippen LogP contribution >= 0.6 is 0 Å². The van der Waals surface area contributed by atoms with Gasteiger partial charge in [0.15, 0.2) is 35.0 Å². The Labute approximate surface area is 776 Å². The van der Waals surface area contributed by atoms with Crippen molar-refractivity contribution in [1.29, 1.82) is 0 Å². The highest BCUT2D eigenvalue weighted by Crippen LogP contribution is 2.40. The number of phenols is 1. The van der Waals surface area contributed by atoms with Crippen molar-refractivity contribution in [1.82, 2.24) is 0 Å². The van der Waals surface area contributed by atoms with Gasteiger partial charge in [0.2, 0.25) is 28.9 Å². The summed E-state index contributed by atoms with van der Waals surface area (Å²) in [4.78, 5) is 66.1. The lowest BCUT2D eigenvalue weighted by Gasteiger charge is -2.29. The number of Topliss-reactive ketones (excluding diaryl/α,β-unsaturated/α-hetero) is 5. The summed E-state index contributed by atoms with van der Waals surface area (Å²) < 4.78 is 10.5. The lowest BCUT2D eigenvalue weighted by atomic mass is 9.83. The summed E-state index contributed by atoms with van der Waals surface area (Å²) in [5, 5.41) is 11.9. The van der Waals surface area contributed by atoms with Crippen LogP contribution in [0.5, 0.6) is 17.2 Å². The predicted octanol–water partition coefficient (Wildman–Crippen LogP) is 26.3. The molecule has 6 saturated heterocycles. The summed E-state index contributed by atoms with van der Waals surface area (Å²) in [5.74, 6) is 23.2. The Hall–Kier alpha value is -5.78. The molecule has 8 nitrogen and oxygen atoms in total. The number of benzene rings is 8. The van der Waals surface area contributed by atoms with Crippen LogP contribution in [0.25, 0.3) is 10.8 Å². The molecule has 15 heteroatoms. The van der Waals surface area contributed by atoms with Crippen LogP contribution in [0.1, 0.15) is 300 Å². The van der Waals surface area contributed by atoms with Crippen molar-refractivity contribution in [3.05, 3.63) is 233 Å². The van der Waals surface area contributed by atoms with E-state index in [9.17, 15) is 24.0 Å². The van der Waals surface area contributed by atoms with E-state index < -0.39 is 0 Å². The molecule has 6 aliphatic heterocycles. The quantitative estimate of drug-likeness (QED) is 0.0279. The predicted molar refractivity (Wildman–Crippen MR) is 555 cm³/mol. The number of carbonyl (C=O) groups is 5. The molecule has 8 aromatic carbocycles. The Morgan fingerprint density at radius 2 is 0.824 bits per heavy atom. The summed E-state index contributed by atoms with van der Waals surface area (Å²) in [6.45, 7) is 29.1. The number of unbranched alkanes of at least 4 members (excludes halogenated alkanes) is 3. The molecule has 8 aromatic rings. The summed E-state index contributed by atoms with van der Waals surface area (Å²) in [5.41, 5.74) is 7.04. The Bertz CT molecular complexity index is 4470. The van der Waals surface area contributed by atoms with Crippen LogP contribution in [0.4, 0.5) is 0 Å². The topological polar surface area (TPSA) is 124 Å². The highest BCUT2D eigenvalue weighted by molar-refractivity contribution is 8.00. The second kappa shape index (κ2) is 52.9. The van der Waals surface area contributed by atoms with E-state index in [1.165, 1.54) is 249 Å². The molecule has 0 amide bonds. The highest BCUT2D eigenvalue weighted by atomic mass is 32.2. The molecule has 1 aliphatic carbocycles. The second-order valence-corrected chi connectivity index (χ2v) is 54.9. The first-order chi connectivity index (χ1) is 60.2. The summed E-state index contributed by atoms with van der Waals surface area (Å²) in [7, 11) is 3.97. The Morgan fingerprint density at radius 3 is 1.28 bits per heavy atom. The van der Waals surface area contributed by atoms with Crippen molar-refractivity contribution < 1.29 is 38.6 Å². The van der Waals surface area contributed by atoms with Crippen LogP contribution in [0.2, 0.25) is 0 Å². The highest BCUT2D eigenvalue weighted by Gasteiger charge is 2.50. The Balaban J connectivity index is 0.000000166. The van der Waals surface area contributed by atoms with E-state index in [0.29, 0.717) is 61.6 Å². The lowest BCUT2D eigenvalue weighted by Crippen LogP contribution is -2.44. The fraction of sp³-hybridized carbons (Fsp3) is 0.536. The molecular formula is C110H155O8S7+7. The van der Waals surface area contributed by atoms with Crippen molar-refractivity contribution in [3.8, 4) is 17.2 Å². The van der Waals surface area contributed by atoms with Gasteiger partial charge in [-0.3, -0.25) is 24.0 Å². The van der Waals surface area contributed by atoms with Crippen LogP contribution in [-0.2, 0) is 76.3 Å². The van der Waals surface area contributed by atoms with Gasteiger partial charge in [-0.05, 0) is 258 Å². The summed E-state index contributed by atoms with van der Waals surface area (Å²) in [6, 6.07) is 64.6. The number of ketones is 5. The van der Waals surface area contributed by atoms with E-state index in [4.69, 9.17) is 14.6 Å². The zero-order valence-corrected chi connectivity index (χ0v) is 84.6. The van der Waals surface area contributed by atoms with Crippen molar-refractivity contribution in [2.24, 2.45) is 5.41 Å². The molecule has 0 aromatic heterocycles. The fourth-order valence-electron chi connectivity index (χ4n) is 17.6. The second-order valence-electron chi connectivity index (χ2n) is 37.2. The molecule has 7 fully saturated rings. The maximum Gasteiger partial charge on any atom is 0.217 e. The van der Waals surface area contributed by atoms with Gasteiger partial charge >= 0.3 is 0 Å². The molecule has 15 rings (SSSR count). The smallest absolute Gasteiger partial charge is 0.217 e. The van der Waals surface area contributed by atoms with Gasteiger partial charge in [0.1, 0.15) is 97.8 Å². The van der Waals surface area contributed by atoms with Gasteiger partial charge in [-0.2, -0.15) is 0 Å². The van der Waals surface area contributed by atoms with Crippen LogP contribution in [0.15, 0.2) is 204 Å². The molecule has 6 heterocycles. The molecule has 7 aliphatic rings. The number of phenolic OH excluding ortho intramolecular Hbond substituents is 1. The van der Waals surface area contributed by atoms with E-state index in [1.54, 1.807) is 24.1 Å². The number of carbonyl (C=O) groups excluding carboxylic acids is 5. The first-order valence-corrected chi connectivity index (χ1v) is 58.6. The molecule has 0 bridgehead atoms. The van der Waals surface area contributed by atoms with Crippen LogP contribution in [0.3, 0.4) is 0 Å².